The summed E-state index contributed by atoms with van der Waals surface area (Å²) in [5.41, 5.74) is 7.71. The van der Waals surface area contributed by atoms with Gasteiger partial charge in [-0.25, -0.2) is 19.3 Å². The number of benzene rings is 2. The molecule has 0 N–H and O–H groups in total. The van der Waals surface area contributed by atoms with Crippen LogP contribution in [0, 0.1) is 0 Å². The lowest BCUT2D eigenvalue weighted by Gasteiger charge is -2.34. The van der Waals surface area contributed by atoms with Gasteiger partial charge < -0.3 is 19.1 Å². The summed E-state index contributed by atoms with van der Waals surface area (Å²) in [7, 11) is 0. The largest absolute Gasteiger partial charge is 0.486 e. The molecule has 2 aromatic heterocycles. The Balaban J connectivity index is 1.22. The summed E-state index contributed by atoms with van der Waals surface area (Å²) < 4.78 is 19.5. The van der Waals surface area contributed by atoms with E-state index in [2.05, 4.69) is 48.4 Å². The summed E-state index contributed by atoms with van der Waals surface area (Å²) in [5, 5.41) is 4.58. The zero-order valence-corrected chi connectivity index (χ0v) is 30.5. The number of nitrogens with zero attached hydrogens (tertiary/aromatic N) is 4. The summed E-state index contributed by atoms with van der Waals surface area (Å²) in [6.45, 7) is 15.5. The fraction of sp³-hybridized carbons (Fsp3) is 0.463. The first-order chi connectivity index (χ1) is 24.0. The summed E-state index contributed by atoms with van der Waals surface area (Å²) in [5.74, 6) is 1.58. The minimum absolute atomic E-state index is 0.0329. The summed E-state index contributed by atoms with van der Waals surface area (Å²) in [6, 6.07) is 18.9. The SMILES string of the molecule is CCOC(=O)c1cnn(-c2cccc(-c3cccc4c3[C@@H](Oc3ccc(C5CCN(C(=O)OC(C)(C)C)CC5)c(CC)c3)CC4)n2)c1C(C)C. The molecular formula is C41H50N4O5. The van der Waals surface area contributed by atoms with Gasteiger partial charge in [0.2, 0.25) is 0 Å². The zero-order chi connectivity index (χ0) is 35.6. The predicted octanol–water partition coefficient (Wildman–Crippen LogP) is 8.98. The number of aryl methyl sites for hydroxylation is 2. The van der Waals surface area contributed by atoms with Gasteiger partial charge >= 0.3 is 12.1 Å². The first-order valence-electron chi connectivity index (χ1n) is 18.1. The Morgan fingerprint density at radius 2 is 1.74 bits per heavy atom. The third-order valence-corrected chi connectivity index (χ3v) is 9.63. The van der Waals surface area contributed by atoms with Crippen molar-refractivity contribution in [1.29, 1.82) is 0 Å². The van der Waals surface area contributed by atoms with Crippen LogP contribution in [0.3, 0.4) is 0 Å². The van der Waals surface area contributed by atoms with Crippen molar-refractivity contribution in [3.8, 4) is 22.8 Å². The number of rotatable bonds is 9. The maximum Gasteiger partial charge on any atom is 0.410 e. The molecule has 2 aliphatic rings. The molecular weight excluding hydrogens is 628 g/mol. The van der Waals surface area contributed by atoms with Crippen molar-refractivity contribution in [3.63, 3.8) is 0 Å². The van der Waals surface area contributed by atoms with Gasteiger partial charge in [0, 0.05) is 24.2 Å². The highest BCUT2D eigenvalue weighted by Crippen LogP contribution is 2.42. The number of aromatic nitrogens is 3. The molecule has 0 spiro atoms. The van der Waals surface area contributed by atoms with Crippen molar-refractivity contribution in [1.82, 2.24) is 19.7 Å². The van der Waals surface area contributed by atoms with Crippen molar-refractivity contribution in [2.45, 2.75) is 104 Å². The number of ether oxygens (including phenoxy) is 3. The molecule has 0 unspecified atom stereocenters. The molecule has 50 heavy (non-hydrogen) atoms. The van der Waals surface area contributed by atoms with E-state index in [1.807, 2.05) is 57.7 Å². The molecule has 264 valence electrons. The van der Waals surface area contributed by atoms with E-state index in [9.17, 15) is 9.59 Å². The van der Waals surface area contributed by atoms with Crippen molar-refractivity contribution >= 4 is 12.1 Å². The Morgan fingerprint density at radius 3 is 2.44 bits per heavy atom. The molecule has 0 bridgehead atoms. The fourth-order valence-electron chi connectivity index (χ4n) is 7.36. The van der Waals surface area contributed by atoms with Gasteiger partial charge in [0.25, 0.3) is 0 Å². The van der Waals surface area contributed by atoms with Crippen LogP contribution in [-0.4, -0.2) is 57.0 Å². The number of carbonyl (C=O) groups excluding carboxylic acids is 2. The Hall–Kier alpha value is -4.66. The van der Waals surface area contributed by atoms with E-state index in [0.29, 0.717) is 37.0 Å². The predicted molar refractivity (Wildman–Crippen MR) is 194 cm³/mol. The molecule has 0 saturated carbocycles. The van der Waals surface area contributed by atoms with Crippen LogP contribution in [0.2, 0.25) is 0 Å². The lowest BCUT2D eigenvalue weighted by atomic mass is 9.86. The van der Waals surface area contributed by atoms with Gasteiger partial charge in [-0.3, -0.25) is 0 Å². The lowest BCUT2D eigenvalue weighted by molar-refractivity contribution is 0.0204. The third kappa shape index (κ3) is 7.42. The molecule has 0 radical (unpaired) electrons. The number of amides is 1. The van der Waals surface area contributed by atoms with Crippen LogP contribution in [0.4, 0.5) is 4.79 Å². The van der Waals surface area contributed by atoms with Crippen molar-refractivity contribution in [2.75, 3.05) is 19.7 Å². The summed E-state index contributed by atoms with van der Waals surface area (Å²) >= 11 is 0. The van der Waals surface area contributed by atoms with Gasteiger partial charge in [-0.2, -0.15) is 5.10 Å². The van der Waals surface area contributed by atoms with E-state index < -0.39 is 5.60 Å². The van der Waals surface area contributed by atoms with Crippen molar-refractivity contribution < 1.29 is 23.8 Å². The summed E-state index contributed by atoms with van der Waals surface area (Å²) in [4.78, 5) is 32.2. The van der Waals surface area contributed by atoms with Gasteiger partial charge in [0.1, 0.15) is 23.0 Å². The number of hydrogen-bond donors (Lipinski definition) is 0. The van der Waals surface area contributed by atoms with Crippen LogP contribution < -0.4 is 4.74 Å². The highest BCUT2D eigenvalue weighted by Gasteiger charge is 2.31. The van der Waals surface area contributed by atoms with Gasteiger partial charge in [-0.1, -0.05) is 51.1 Å². The van der Waals surface area contributed by atoms with E-state index in [1.54, 1.807) is 17.8 Å². The molecule has 9 heteroatoms. The second-order valence-corrected chi connectivity index (χ2v) is 14.6. The number of hydrogen-bond acceptors (Lipinski definition) is 7. The van der Waals surface area contributed by atoms with Crippen LogP contribution in [0.15, 0.2) is 60.8 Å². The normalized spacial score (nSPS) is 16.4. The molecule has 3 heterocycles. The van der Waals surface area contributed by atoms with Crippen LogP contribution >= 0.6 is 0 Å². The van der Waals surface area contributed by atoms with Gasteiger partial charge in [-0.05, 0) is 113 Å². The second kappa shape index (κ2) is 14.7. The Labute approximate surface area is 296 Å². The van der Waals surface area contributed by atoms with Crippen LogP contribution in [0.25, 0.3) is 17.1 Å². The number of fused-ring (bicyclic) bond motifs is 1. The molecule has 1 amide bonds. The van der Waals surface area contributed by atoms with Gasteiger partial charge in [0.05, 0.1) is 24.2 Å². The van der Waals surface area contributed by atoms with E-state index in [4.69, 9.17) is 19.2 Å². The average Bonchev–Trinajstić information content (AvgIpc) is 3.73. The topological polar surface area (TPSA) is 95.8 Å². The number of carbonyl (C=O) groups is 2. The number of esters is 1. The molecule has 4 aromatic rings. The minimum Gasteiger partial charge on any atom is -0.486 e. The fourth-order valence-corrected chi connectivity index (χ4v) is 7.36. The third-order valence-electron chi connectivity index (χ3n) is 9.63. The molecule has 2 aromatic carbocycles. The van der Waals surface area contributed by atoms with Crippen molar-refractivity contribution in [2.24, 2.45) is 0 Å². The second-order valence-electron chi connectivity index (χ2n) is 14.6. The maximum atomic E-state index is 12.7. The Bertz CT molecular complexity index is 1850. The first kappa shape index (κ1) is 35.2. The molecule has 9 nitrogen and oxygen atoms in total. The highest BCUT2D eigenvalue weighted by molar-refractivity contribution is 5.90. The minimum atomic E-state index is -0.491. The maximum absolute atomic E-state index is 12.7. The smallest absolute Gasteiger partial charge is 0.410 e. The molecule has 1 aliphatic heterocycles. The van der Waals surface area contributed by atoms with E-state index in [1.165, 1.54) is 22.3 Å². The number of pyridine rings is 1. The quantitative estimate of drug-likeness (QED) is 0.163. The monoisotopic (exact) mass is 678 g/mol. The van der Waals surface area contributed by atoms with Gasteiger partial charge in [0.15, 0.2) is 5.82 Å². The lowest BCUT2D eigenvalue weighted by Crippen LogP contribution is -2.41. The Kier molecular flexibility index (Phi) is 10.3. The summed E-state index contributed by atoms with van der Waals surface area (Å²) in [6.07, 6.45) is 5.81. The van der Waals surface area contributed by atoms with E-state index in [0.717, 1.165) is 54.8 Å². The van der Waals surface area contributed by atoms with Crippen LogP contribution in [0.5, 0.6) is 5.75 Å². The average molecular weight is 679 g/mol. The zero-order valence-electron chi connectivity index (χ0n) is 30.5. The molecule has 6 rings (SSSR count). The van der Waals surface area contributed by atoms with Crippen molar-refractivity contribution in [3.05, 3.63) is 94.3 Å². The van der Waals surface area contributed by atoms with Gasteiger partial charge in [-0.15, -0.1) is 0 Å². The molecule has 1 saturated heterocycles. The molecule has 1 atom stereocenters. The molecule has 1 fully saturated rings. The number of piperidine rings is 1. The first-order valence-corrected chi connectivity index (χ1v) is 18.1. The van der Waals surface area contributed by atoms with Crippen LogP contribution in [-0.2, 0) is 22.3 Å². The number of likely N-dealkylation sites (tertiary alicyclic amines) is 1. The Morgan fingerprint density at radius 1 is 0.980 bits per heavy atom. The van der Waals surface area contributed by atoms with E-state index >= 15 is 0 Å². The highest BCUT2D eigenvalue weighted by atomic mass is 16.6. The standard InChI is InChI=1S/C41H50N4O5/c1-8-27-24-30(17-18-31(27)28-20-22-44(23-21-28)40(47)50-41(5,6)7)49-35-19-16-29-12-10-13-32(37(29)35)34-14-11-15-36(43-34)45-38(26(3)4)33(25-42-45)39(46)48-9-2/h10-15,17-18,24-26,28,35H,8-9,16,19-23H2,1-7H3/t35-/m0/s1. The molecule has 1 aliphatic carbocycles. The van der Waals surface area contributed by atoms with E-state index in [-0.39, 0.29) is 24.1 Å². The van der Waals surface area contributed by atoms with Crippen LogP contribution in [0.1, 0.15) is 124 Å².